The van der Waals surface area contributed by atoms with Gasteiger partial charge in [0, 0.05) is 24.3 Å². The van der Waals surface area contributed by atoms with E-state index in [1.165, 1.54) is 18.5 Å². The third-order valence-electron chi connectivity index (χ3n) is 3.35. The van der Waals surface area contributed by atoms with Gasteiger partial charge in [0.2, 0.25) is 0 Å². The van der Waals surface area contributed by atoms with Crippen LogP contribution >= 0.6 is 0 Å². The molecule has 0 amide bonds. The number of anilines is 1. The summed E-state index contributed by atoms with van der Waals surface area (Å²) in [5.41, 5.74) is 8.09. The molecule has 1 aromatic rings. The average Bonchev–Trinajstić information content (AvgIpc) is 3.10. The molecule has 1 aliphatic carbocycles. The van der Waals surface area contributed by atoms with Crippen LogP contribution in [0.15, 0.2) is 18.2 Å². The molecule has 0 heterocycles. The van der Waals surface area contributed by atoms with E-state index in [-0.39, 0.29) is 11.9 Å². The van der Waals surface area contributed by atoms with E-state index in [9.17, 15) is 4.39 Å². The van der Waals surface area contributed by atoms with Crippen molar-refractivity contribution in [2.24, 2.45) is 5.73 Å². The van der Waals surface area contributed by atoms with Crippen molar-refractivity contribution in [2.45, 2.75) is 51.6 Å². The van der Waals surface area contributed by atoms with Crippen LogP contribution in [0.4, 0.5) is 10.1 Å². The van der Waals surface area contributed by atoms with Crippen LogP contribution in [0.5, 0.6) is 0 Å². The van der Waals surface area contributed by atoms with Gasteiger partial charge in [0.25, 0.3) is 0 Å². The summed E-state index contributed by atoms with van der Waals surface area (Å²) in [6.45, 7) is 5.20. The number of halogens is 1. The number of benzene rings is 1. The van der Waals surface area contributed by atoms with Gasteiger partial charge in [-0.1, -0.05) is 6.92 Å². The van der Waals surface area contributed by atoms with Crippen LogP contribution in [0, 0.1) is 5.82 Å². The summed E-state index contributed by atoms with van der Waals surface area (Å²) in [6.07, 6.45) is 4.37. The summed E-state index contributed by atoms with van der Waals surface area (Å²) in [5.74, 6) is -0.165. The minimum Gasteiger partial charge on any atom is -0.368 e. The monoisotopic (exact) mass is 250 g/mol. The first kappa shape index (κ1) is 13.3. The normalized spacial score (nSPS) is 16.7. The molecule has 0 aromatic heterocycles. The summed E-state index contributed by atoms with van der Waals surface area (Å²) in [4.78, 5) is 2.43. The molecule has 1 aromatic carbocycles. The van der Waals surface area contributed by atoms with Crippen molar-refractivity contribution in [3.63, 3.8) is 0 Å². The van der Waals surface area contributed by atoms with Gasteiger partial charge in [-0.15, -0.1) is 0 Å². The van der Waals surface area contributed by atoms with E-state index in [0.29, 0.717) is 6.04 Å². The second-order valence-electron chi connectivity index (χ2n) is 5.38. The lowest BCUT2D eigenvalue weighted by molar-refractivity contribution is 0.621. The van der Waals surface area contributed by atoms with Crippen LogP contribution in [0.1, 0.15) is 38.7 Å². The van der Waals surface area contributed by atoms with Crippen LogP contribution in [-0.4, -0.2) is 18.6 Å². The van der Waals surface area contributed by atoms with E-state index < -0.39 is 0 Å². The second kappa shape index (κ2) is 5.70. The smallest absolute Gasteiger partial charge is 0.123 e. The van der Waals surface area contributed by atoms with E-state index in [2.05, 4.69) is 11.8 Å². The van der Waals surface area contributed by atoms with Gasteiger partial charge in [-0.2, -0.15) is 0 Å². The molecule has 0 aliphatic heterocycles. The highest BCUT2D eigenvalue weighted by atomic mass is 19.1. The fourth-order valence-electron chi connectivity index (χ4n) is 2.47. The van der Waals surface area contributed by atoms with Gasteiger partial charge < -0.3 is 10.6 Å². The maximum atomic E-state index is 13.4. The van der Waals surface area contributed by atoms with E-state index in [1.807, 2.05) is 13.0 Å². The Morgan fingerprint density at radius 1 is 1.44 bits per heavy atom. The topological polar surface area (TPSA) is 29.3 Å². The lowest BCUT2D eigenvalue weighted by Crippen LogP contribution is -2.29. The van der Waals surface area contributed by atoms with Gasteiger partial charge in [-0.3, -0.25) is 0 Å². The van der Waals surface area contributed by atoms with E-state index in [4.69, 9.17) is 5.73 Å². The maximum Gasteiger partial charge on any atom is 0.123 e. The summed E-state index contributed by atoms with van der Waals surface area (Å²) in [7, 11) is 0. The SMILES string of the molecule is CCCN(c1ccc(F)cc1CC(C)N)C1CC1. The molecule has 2 N–H and O–H groups in total. The molecule has 3 heteroatoms. The highest BCUT2D eigenvalue weighted by molar-refractivity contribution is 5.56. The zero-order chi connectivity index (χ0) is 13.1. The highest BCUT2D eigenvalue weighted by Gasteiger charge is 2.29. The zero-order valence-corrected chi connectivity index (χ0v) is 11.3. The molecule has 2 rings (SSSR count). The van der Waals surface area contributed by atoms with Crippen molar-refractivity contribution in [3.8, 4) is 0 Å². The molecule has 18 heavy (non-hydrogen) atoms. The molecule has 0 bridgehead atoms. The maximum absolute atomic E-state index is 13.4. The van der Waals surface area contributed by atoms with Crippen molar-refractivity contribution >= 4 is 5.69 Å². The molecule has 0 spiro atoms. The van der Waals surface area contributed by atoms with Crippen molar-refractivity contribution in [3.05, 3.63) is 29.6 Å². The lowest BCUT2D eigenvalue weighted by Gasteiger charge is -2.27. The molecule has 100 valence electrons. The quantitative estimate of drug-likeness (QED) is 0.840. The van der Waals surface area contributed by atoms with Gasteiger partial charge >= 0.3 is 0 Å². The molecular weight excluding hydrogens is 227 g/mol. The lowest BCUT2D eigenvalue weighted by atomic mass is 10.0. The number of nitrogens with two attached hydrogens (primary N) is 1. The van der Waals surface area contributed by atoms with E-state index >= 15 is 0 Å². The number of nitrogens with zero attached hydrogens (tertiary/aromatic N) is 1. The second-order valence-corrected chi connectivity index (χ2v) is 5.38. The minimum atomic E-state index is -0.165. The van der Waals surface area contributed by atoms with Crippen molar-refractivity contribution < 1.29 is 4.39 Å². The largest absolute Gasteiger partial charge is 0.368 e. The van der Waals surface area contributed by atoms with Crippen molar-refractivity contribution in [2.75, 3.05) is 11.4 Å². The Hall–Kier alpha value is -1.09. The first-order valence-electron chi connectivity index (χ1n) is 6.92. The Morgan fingerprint density at radius 2 is 2.17 bits per heavy atom. The fraction of sp³-hybridized carbons (Fsp3) is 0.600. The standard InChI is InChI=1S/C15H23FN2/c1-3-8-18(14-5-6-14)15-7-4-13(16)10-12(15)9-11(2)17/h4,7,10-11,14H,3,5-6,8-9,17H2,1-2H3. The summed E-state index contributed by atoms with van der Waals surface area (Å²) < 4.78 is 13.4. The van der Waals surface area contributed by atoms with Crippen LogP contribution in [0.25, 0.3) is 0 Å². The minimum absolute atomic E-state index is 0.0632. The van der Waals surface area contributed by atoms with Crippen molar-refractivity contribution in [1.82, 2.24) is 0 Å². The zero-order valence-electron chi connectivity index (χ0n) is 11.3. The first-order valence-corrected chi connectivity index (χ1v) is 6.92. The molecule has 1 aliphatic rings. The van der Waals surface area contributed by atoms with Gasteiger partial charge in [0.15, 0.2) is 0 Å². The van der Waals surface area contributed by atoms with Crippen LogP contribution in [0.3, 0.4) is 0 Å². The van der Waals surface area contributed by atoms with Crippen LogP contribution < -0.4 is 10.6 Å². The van der Waals surface area contributed by atoms with E-state index in [0.717, 1.165) is 24.9 Å². The summed E-state index contributed by atoms with van der Waals surface area (Å²) in [6, 6.07) is 5.84. The molecular formula is C15H23FN2. The molecule has 1 unspecified atom stereocenters. The summed E-state index contributed by atoms with van der Waals surface area (Å²) in [5, 5.41) is 0. The van der Waals surface area contributed by atoms with Gasteiger partial charge in [-0.25, -0.2) is 4.39 Å². The van der Waals surface area contributed by atoms with Crippen LogP contribution in [-0.2, 0) is 6.42 Å². The Kier molecular flexibility index (Phi) is 4.23. The predicted molar refractivity (Wildman–Crippen MR) is 74.4 cm³/mol. The van der Waals surface area contributed by atoms with E-state index in [1.54, 1.807) is 12.1 Å². The number of hydrogen-bond acceptors (Lipinski definition) is 2. The molecule has 1 fully saturated rings. The predicted octanol–water partition coefficient (Wildman–Crippen LogP) is 3.09. The average molecular weight is 250 g/mol. The highest BCUT2D eigenvalue weighted by Crippen LogP contribution is 2.34. The summed E-state index contributed by atoms with van der Waals surface area (Å²) >= 11 is 0. The first-order chi connectivity index (χ1) is 8.61. The van der Waals surface area contributed by atoms with Gasteiger partial charge in [-0.05, 0) is 56.4 Å². The number of rotatable bonds is 6. The Labute approximate surface area is 109 Å². The third-order valence-corrected chi connectivity index (χ3v) is 3.35. The van der Waals surface area contributed by atoms with Crippen molar-refractivity contribution in [1.29, 1.82) is 0 Å². The van der Waals surface area contributed by atoms with Crippen LogP contribution in [0.2, 0.25) is 0 Å². The Morgan fingerprint density at radius 3 is 2.72 bits per heavy atom. The number of hydrogen-bond donors (Lipinski definition) is 1. The van der Waals surface area contributed by atoms with Gasteiger partial charge in [0.1, 0.15) is 5.82 Å². The third kappa shape index (κ3) is 3.22. The van der Waals surface area contributed by atoms with Gasteiger partial charge in [0.05, 0.1) is 0 Å². The molecule has 0 saturated heterocycles. The Balaban J connectivity index is 2.28. The fourth-order valence-corrected chi connectivity index (χ4v) is 2.47. The molecule has 0 radical (unpaired) electrons. The molecule has 1 saturated carbocycles. The molecule has 1 atom stereocenters. The Bertz CT molecular complexity index is 399. The molecule has 2 nitrogen and oxygen atoms in total.